The molecule has 176 valence electrons. The van der Waals surface area contributed by atoms with Crippen LogP contribution in [0.25, 0.3) is 10.9 Å². The maximum absolute atomic E-state index is 12.5. The number of nitrogens with one attached hydrogen (secondary N) is 1. The molecule has 1 atom stereocenters. The highest BCUT2D eigenvalue weighted by atomic mass is 32.2. The van der Waals surface area contributed by atoms with Crippen LogP contribution in [0, 0.1) is 5.92 Å². The lowest BCUT2D eigenvalue weighted by Gasteiger charge is -2.36. The zero-order valence-electron chi connectivity index (χ0n) is 18.3. The van der Waals surface area contributed by atoms with Crippen LogP contribution in [0.3, 0.4) is 0 Å². The molecule has 3 aliphatic rings. The number of nitrogens with zero attached hydrogens (tertiary/aromatic N) is 3. The Hall–Kier alpha value is -2.95. The van der Waals surface area contributed by atoms with E-state index in [1.54, 1.807) is 16.6 Å². The number of aryl methyl sites for hydroxylation is 1. The first kappa shape index (κ1) is 21.9. The Morgan fingerprint density at radius 2 is 1.88 bits per heavy atom. The number of hydrogen-bond donors (Lipinski definition) is 1. The third-order valence-corrected chi connectivity index (χ3v) is 8.55. The number of para-hydroxylation sites is 1. The van der Waals surface area contributed by atoms with Crippen LogP contribution in [-0.4, -0.2) is 71.5 Å². The van der Waals surface area contributed by atoms with Crippen LogP contribution in [0.1, 0.15) is 37.3 Å². The van der Waals surface area contributed by atoms with E-state index in [0.29, 0.717) is 43.8 Å². The Labute approximate surface area is 191 Å². The highest BCUT2D eigenvalue weighted by Gasteiger charge is 2.41. The van der Waals surface area contributed by atoms with Gasteiger partial charge >= 0.3 is 0 Å². The number of carbonyl (C=O) groups is 3. The Morgan fingerprint density at radius 1 is 1.15 bits per heavy atom. The summed E-state index contributed by atoms with van der Waals surface area (Å²) in [5.74, 6) is -0.965. The first-order valence-electron chi connectivity index (χ1n) is 11.2. The van der Waals surface area contributed by atoms with E-state index >= 15 is 0 Å². The number of imide groups is 1. The van der Waals surface area contributed by atoms with Gasteiger partial charge in [-0.2, -0.15) is 5.10 Å². The largest absolute Gasteiger partial charge is 0.488 e. The molecular formula is C22H26N4O6S. The van der Waals surface area contributed by atoms with Gasteiger partial charge in [-0.3, -0.25) is 24.4 Å². The third kappa shape index (κ3) is 4.09. The van der Waals surface area contributed by atoms with Gasteiger partial charge in [0.05, 0.1) is 29.0 Å². The van der Waals surface area contributed by atoms with Gasteiger partial charge in [0.2, 0.25) is 17.7 Å². The van der Waals surface area contributed by atoms with Gasteiger partial charge in [0, 0.05) is 44.8 Å². The van der Waals surface area contributed by atoms with Gasteiger partial charge in [0.25, 0.3) is 0 Å². The minimum Gasteiger partial charge on any atom is -0.488 e. The number of amides is 3. The van der Waals surface area contributed by atoms with Crippen molar-refractivity contribution in [1.29, 1.82) is 0 Å². The van der Waals surface area contributed by atoms with Gasteiger partial charge in [-0.25, -0.2) is 8.42 Å². The number of piperidine rings is 2. The number of likely N-dealkylation sites (tertiary alicyclic amines) is 1. The third-order valence-electron chi connectivity index (χ3n) is 6.73. The fourth-order valence-electron chi connectivity index (χ4n) is 4.97. The van der Waals surface area contributed by atoms with Gasteiger partial charge in [-0.1, -0.05) is 12.1 Å². The van der Waals surface area contributed by atoms with Crippen molar-refractivity contribution in [1.82, 2.24) is 20.0 Å². The van der Waals surface area contributed by atoms with E-state index in [1.165, 1.54) is 0 Å². The van der Waals surface area contributed by atoms with Crippen LogP contribution in [-0.2, 0) is 31.3 Å². The highest BCUT2D eigenvalue weighted by molar-refractivity contribution is 7.92. The van der Waals surface area contributed by atoms with Gasteiger partial charge in [0.15, 0.2) is 9.84 Å². The number of fused-ring (bicyclic) bond motifs is 1. The van der Waals surface area contributed by atoms with Crippen molar-refractivity contribution in [2.24, 2.45) is 13.0 Å². The molecule has 4 heterocycles. The fraction of sp³-hybridized carbons (Fsp3) is 0.545. The molecule has 3 fully saturated rings. The molecule has 3 amide bonds. The predicted octanol–water partition coefficient (Wildman–Crippen LogP) is 0.508. The molecule has 33 heavy (non-hydrogen) atoms. The molecule has 0 spiro atoms. The zero-order valence-corrected chi connectivity index (χ0v) is 19.1. The number of ether oxygens (including phenoxy) is 1. The van der Waals surface area contributed by atoms with E-state index in [1.807, 2.05) is 18.2 Å². The number of hydrogen-bond acceptors (Lipinski definition) is 7. The second kappa shape index (κ2) is 8.12. The molecule has 3 saturated heterocycles. The Bertz CT molecular complexity index is 1230. The van der Waals surface area contributed by atoms with E-state index < -0.39 is 21.7 Å². The monoisotopic (exact) mass is 474 g/mol. The highest BCUT2D eigenvalue weighted by Crippen LogP contribution is 2.35. The molecule has 5 rings (SSSR count). The molecule has 0 saturated carbocycles. The van der Waals surface area contributed by atoms with Gasteiger partial charge in [-0.05, 0) is 12.5 Å². The first-order chi connectivity index (χ1) is 15.7. The standard InChI is InChI=1S/C22H26N4O6S/c1-25-20-15(19(24-25)16-5-6-18(27)23-21(16)28)3-2-4-17(20)32-14-7-9-26(10-8-14)22(29)13-11-33(30,31)12-13/h2-4,13-14,16H,5-12H2,1H3,(H,23,27,28). The molecule has 1 aromatic heterocycles. The lowest BCUT2D eigenvalue weighted by molar-refractivity contribution is -0.136. The Kier molecular flexibility index (Phi) is 5.38. The maximum atomic E-state index is 12.5. The smallest absolute Gasteiger partial charge is 0.235 e. The molecule has 0 bridgehead atoms. The van der Waals surface area contributed by atoms with Crippen LogP contribution < -0.4 is 10.1 Å². The van der Waals surface area contributed by atoms with Crippen molar-refractivity contribution >= 4 is 38.5 Å². The lowest BCUT2D eigenvalue weighted by atomic mass is 9.93. The van der Waals surface area contributed by atoms with Crippen LogP contribution in [0.2, 0.25) is 0 Å². The summed E-state index contributed by atoms with van der Waals surface area (Å²) >= 11 is 0. The van der Waals surface area contributed by atoms with Gasteiger partial charge < -0.3 is 9.64 Å². The lowest BCUT2D eigenvalue weighted by Crippen LogP contribution is -2.51. The molecule has 1 aromatic carbocycles. The molecule has 10 nitrogen and oxygen atoms in total. The number of aromatic nitrogens is 2. The van der Waals surface area contributed by atoms with Crippen LogP contribution >= 0.6 is 0 Å². The first-order valence-corrected chi connectivity index (χ1v) is 13.0. The average molecular weight is 475 g/mol. The Morgan fingerprint density at radius 3 is 2.55 bits per heavy atom. The van der Waals surface area contributed by atoms with Gasteiger partial charge in [0.1, 0.15) is 17.4 Å². The maximum Gasteiger partial charge on any atom is 0.235 e. The summed E-state index contributed by atoms with van der Waals surface area (Å²) in [6.45, 7) is 1.06. The van der Waals surface area contributed by atoms with Crippen molar-refractivity contribution in [3.63, 3.8) is 0 Å². The van der Waals surface area contributed by atoms with Crippen LogP contribution in [0.15, 0.2) is 18.2 Å². The quantitative estimate of drug-likeness (QED) is 0.640. The second-order valence-corrected chi connectivity index (χ2v) is 11.2. The molecule has 0 radical (unpaired) electrons. The molecule has 2 aromatic rings. The molecule has 1 N–H and O–H groups in total. The topological polar surface area (TPSA) is 128 Å². The summed E-state index contributed by atoms with van der Waals surface area (Å²) in [6, 6.07) is 5.64. The summed E-state index contributed by atoms with van der Waals surface area (Å²) in [5, 5.41) is 7.80. The SMILES string of the molecule is Cn1nc(C2CCC(=O)NC2=O)c2cccc(OC3CCN(C(=O)C4CS(=O)(=O)C4)CC3)c21. The second-order valence-electron chi connectivity index (χ2n) is 9.08. The normalized spacial score (nSPS) is 23.9. The number of benzene rings is 1. The molecule has 1 unspecified atom stereocenters. The van der Waals surface area contributed by atoms with E-state index in [4.69, 9.17) is 4.74 Å². The van der Waals surface area contributed by atoms with E-state index in [9.17, 15) is 22.8 Å². The van der Waals surface area contributed by atoms with E-state index in [2.05, 4.69) is 10.4 Å². The minimum atomic E-state index is -3.03. The van der Waals surface area contributed by atoms with Crippen molar-refractivity contribution in [3.8, 4) is 5.75 Å². The zero-order chi connectivity index (χ0) is 23.3. The fourth-order valence-corrected chi connectivity index (χ4v) is 6.39. The number of carbonyl (C=O) groups excluding carboxylic acids is 3. The molecular weight excluding hydrogens is 448 g/mol. The van der Waals surface area contributed by atoms with Crippen molar-refractivity contribution < 1.29 is 27.5 Å². The van der Waals surface area contributed by atoms with Crippen molar-refractivity contribution in [2.45, 2.75) is 37.7 Å². The van der Waals surface area contributed by atoms with Crippen LogP contribution in [0.4, 0.5) is 0 Å². The summed E-state index contributed by atoms with van der Waals surface area (Å²) in [6.07, 6.45) is 1.93. The van der Waals surface area contributed by atoms with Crippen molar-refractivity contribution in [2.75, 3.05) is 24.6 Å². The minimum absolute atomic E-state index is 0.0414. The van der Waals surface area contributed by atoms with E-state index in [0.717, 1.165) is 10.9 Å². The summed E-state index contributed by atoms with van der Waals surface area (Å²) in [7, 11) is -1.22. The summed E-state index contributed by atoms with van der Waals surface area (Å²) < 4.78 is 30.8. The summed E-state index contributed by atoms with van der Waals surface area (Å²) in [5.41, 5.74) is 1.43. The molecule has 3 aliphatic heterocycles. The van der Waals surface area contributed by atoms with Crippen LogP contribution in [0.5, 0.6) is 5.75 Å². The van der Waals surface area contributed by atoms with E-state index in [-0.39, 0.29) is 41.8 Å². The Balaban J connectivity index is 1.28. The van der Waals surface area contributed by atoms with Gasteiger partial charge in [-0.15, -0.1) is 0 Å². The molecule has 11 heteroatoms. The summed E-state index contributed by atoms with van der Waals surface area (Å²) in [4.78, 5) is 38.1. The van der Waals surface area contributed by atoms with Crippen molar-refractivity contribution in [3.05, 3.63) is 23.9 Å². The number of rotatable bonds is 4. The molecule has 0 aliphatic carbocycles. The average Bonchev–Trinajstić information content (AvgIpc) is 3.09. The number of sulfone groups is 1. The predicted molar refractivity (Wildman–Crippen MR) is 118 cm³/mol.